The highest BCUT2D eigenvalue weighted by atomic mass is 32.2. The molecule has 1 fully saturated rings. The van der Waals surface area contributed by atoms with Gasteiger partial charge >= 0.3 is 0 Å². The van der Waals surface area contributed by atoms with Gasteiger partial charge in [0.25, 0.3) is 0 Å². The Hall–Kier alpha value is -0.710. The summed E-state index contributed by atoms with van der Waals surface area (Å²) in [6.07, 6.45) is 0.435. The number of nitrogens with zero attached hydrogens (tertiary/aromatic N) is 1. The third-order valence-corrected chi connectivity index (χ3v) is 2.85. The molecule has 68 valence electrons. The average Bonchev–Trinajstić information content (AvgIpc) is 2.50. The van der Waals surface area contributed by atoms with E-state index in [1.165, 1.54) is 0 Å². The lowest BCUT2D eigenvalue weighted by atomic mass is 10.2. The lowest BCUT2D eigenvalue weighted by molar-refractivity contribution is -0.136. The number of amides is 2. The lowest BCUT2D eigenvalue weighted by Gasteiger charge is -2.20. The van der Waals surface area contributed by atoms with Gasteiger partial charge in [0, 0.05) is 12.2 Å². The number of hydrogen-bond acceptors (Lipinski definition) is 3. The first-order valence-corrected chi connectivity index (χ1v) is 4.98. The molecule has 12 heavy (non-hydrogen) atoms. The summed E-state index contributed by atoms with van der Waals surface area (Å²) in [5, 5.41) is 0. The molecule has 1 rings (SSSR count). The van der Waals surface area contributed by atoms with Crippen molar-refractivity contribution in [3.8, 4) is 0 Å². The molecule has 0 aliphatic carbocycles. The monoisotopic (exact) mass is 188 g/mol. The molecular weight excluding hydrogens is 176 g/mol. The Morgan fingerprint density at radius 2 is 2.33 bits per heavy atom. The molecule has 0 aromatic heterocycles. The fourth-order valence-corrected chi connectivity index (χ4v) is 2.32. The van der Waals surface area contributed by atoms with Crippen LogP contribution in [0.5, 0.6) is 0 Å². The maximum Gasteiger partial charge on any atom is 0.241 e. The Kier molecular flexibility index (Phi) is 2.97. The zero-order chi connectivity index (χ0) is 9.14. The molecule has 0 radical (unpaired) electrons. The fourth-order valence-electron chi connectivity index (χ4n) is 1.13. The molecular formula is C7H12N2O2S. The summed E-state index contributed by atoms with van der Waals surface area (Å²) in [6, 6.07) is -0.387. The Morgan fingerprint density at radius 3 is 2.83 bits per heavy atom. The van der Waals surface area contributed by atoms with E-state index < -0.39 is 5.91 Å². The summed E-state index contributed by atoms with van der Waals surface area (Å²) in [4.78, 5) is 23.6. The summed E-state index contributed by atoms with van der Waals surface area (Å²) in [5.41, 5.74) is 5.13. The van der Waals surface area contributed by atoms with Crippen LogP contribution in [0.1, 0.15) is 13.3 Å². The average molecular weight is 188 g/mol. The van der Waals surface area contributed by atoms with E-state index in [1.807, 2.05) is 0 Å². The number of rotatable bonds is 2. The van der Waals surface area contributed by atoms with Crippen LogP contribution >= 0.6 is 11.8 Å². The molecule has 1 saturated heterocycles. The van der Waals surface area contributed by atoms with Crippen molar-refractivity contribution in [1.82, 2.24) is 4.90 Å². The second kappa shape index (κ2) is 3.80. The van der Waals surface area contributed by atoms with Crippen molar-refractivity contribution in [2.24, 2.45) is 5.73 Å². The van der Waals surface area contributed by atoms with E-state index in [2.05, 4.69) is 0 Å². The molecule has 2 amide bonds. The minimum Gasteiger partial charge on any atom is -0.368 e. The zero-order valence-electron chi connectivity index (χ0n) is 6.95. The minimum absolute atomic E-state index is 0.00352. The van der Waals surface area contributed by atoms with E-state index in [-0.39, 0.29) is 11.9 Å². The van der Waals surface area contributed by atoms with Crippen molar-refractivity contribution < 1.29 is 9.59 Å². The van der Waals surface area contributed by atoms with Crippen LogP contribution in [-0.2, 0) is 9.59 Å². The first-order chi connectivity index (χ1) is 5.66. The summed E-state index contributed by atoms with van der Waals surface area (Å²) in [6.45, 7) is 1.78. The van der Waals surface area contributed by atoms with Crippen molar-refractivity contribution in [3.05, 3.63) is 0 Å². The number of carbonyl (C=O) groups is 2. The van der Waals surface area contributed by atoms with Gasteiger partial charge in [-0.15, -0.1) is 11.8 Å². The molecule has 0 bridgehead atoms. The smallest absolute Gasteiger partial charge is 0.241 e. The molecule has 0 saturated carbocycles. The predicted molar refractivity (Wildman–Crippen MR) is 47.4 cm³/mol. The number of primary amides is 1. The second-order valence-corrected chi connectivity index (χ2v) is 3.63. The highest BCUT2D eigenvalue weighted by molar-refractivity contribution is 7.99. The molecule has 4 nitrogen and oxygen atoms in total. The standard InChI is InChI=1S/C7H12N2O2S/c1-2-6(10)9-4-12-3-5(9)7(8)11/h5H,2-4H2,1H3,(H2,8,11). The van der Waals surface area contributed by atoms with Crippen LogP contribution in [0, 0.1) is 0 Å². The van der Waals surface area contributed by atoms with E-state index >= 15 is 0 Å². The molecule has 0 aromatic rings. The summed E-state index contributed by atoms with van der Waals surface area (Å²) in [5.74, 6) is 0.840. The van der Waals surface area contributed by atoms with E-state index in [4.69, 9.17) is 5.73 Å². The normalized spacial score (nSPS) is 22.8. The predicted octanol–water partition coefficient (Wildman–Crippen LogP) is -0.217. The van der Waals surface area contributed by atoms with Gasteiger partial charge in [0.2, 0.25) is 11.8 Å². The molecule has 1 heterocycles. The maximum atomic E-state index is 11.2. The molecule has 0 aromatic carbocycles. The fraction of sp³-hybridized carbons (Fsp3) is 0.714. The molecule has 2 N–H and O–H groups in total. The van der Waals surface area contributed by atoms with Crippen LogP contribution < -0.4 is 5.73 Å². The van der Waals surface area contributed by atoms with Gasteiger partial charge in [-0.1, -0.05) is 6.92 Å². The van der Waals surface area contributed by atoms with Gasteiger partial charge < -0.3 is 10.6 Å². The Morgan fingerprint density at radius 1 is 1.67 bits per heavy atom. The SMILES string of the molecule is CCC(=O)N1CSCC1C(N)=O. The maximum absolute atomic E-state index is 11.2. The van der Waals surface area contributed by atoms with Crippen LogP contribution in [0.25, 0.3) is 0 Å². The Balaban J connectivity index is 2.63. The summed E-state index contributed by atoms with van der Waals surface area (Å²) < 4.78 is 0. The van der Waals surface area contributed by atoms with Crippen LogP contribution in [0.2, 0.25) is 0 Å². The largest absolute Gasteiger partial charge is 0.368 e. The summed E-state index contributed by atoms with van der Waals surface area (Å²) in [7, 11) is 0. The van der Waals surface area contributed by atoms with E-state index in [9.17, 15) is 9.59 Å². The van der Waals surface area contributed by atoms with E-state index in [1.54, 1.807) is 23.6 Å². The lowest BCUT2D eigenvalue weighted by Crippen LogP contribution is -2.44. The van der Waals surface area contributed by atoms with Crippen molar-refractivity contribution in [1.29, 1.82) is 0 Å². The van der Waals surface area contributed by atoms with Gasteiger partial charge in [0.1, 0.15) is 6.04 Å². The van der Waals surface area contributed by atoms with Gasteiger partial charge in [-0.05, 0) is 0 Å². The molecule has 1 atom stereocenters. The molecule has 0 spiro atoms. The van der Waals surface area contributed by atoms with Crippen LogP contribution in [0.3, 0.4) is 0 Å². The first kappa shape index (κ1) is 9.38. The topological polar surface area (TPSA) is 63.4 Å². The van der Waals surface area contributed by atoms with Crippen LogP contribution in [0.4, 0.5) is 0 Å². The minimum atomic E-state index is -0.401. The number of thioether (sulfide) groups is 1. The highest BCUT2D eigenvalue weighted by Gasteiger charge is 2.31. The van der Waals surface area contributed by atoms with E-state index in [0.29, 0.717) is 18.1 Å². The molecule has 1 aliphatic rings. The van der Waals surface area contributed by atoms with Crippen molar-refractivity contribution in [2.75, 3.05) is 11.6 Å². The van der Waals surface area contributed by atoms with Crippen LogP contribution in [-0.4, -0.2) is 34.4 Å². The first-order valence-electron chi connectivity index (χ1n) is 3.83. The number of hydrogen-bond donors (Lipinski definition) is 1. The Labute approximate surface area is 75.5 Å². The summed E-state index contributed by atoms with van der Waals surface area (Å²) >= 11 is 1.57. The zero-order valence-corrected chi connectivity index (χ0v) is 7.76. The Bertz CT molecular complexity index is 208. The number of carbonyl (C=O) groups excluding carboxylic acids is 2. The number of nitrogens with two attached hydrogens (primary N) is 1. The second-order valence-electron chi connectivity index (χ2n) is 2.64. The van der Waals surface area contributed by atoms with Gasteiger partial charge in [-0.25, -0.2) is 0 Å². The van der Waals surface area contributed by atoms with E-state index in [0.717, 1.165) is 0 Å². The van der Waals surface area contributed by atoms with Crippen molar-refractivity contribution in [2.45, 2.75) is 19.4 Å². The van der Waals surface area contributed by atoms with Crippen molar-refractivity contribution >= 4 is 23.6 Å². The van der Waals surface area contributed by atoms with Gasteiger partial charge in [0.15, 0.2) is 0 Å². The third kappa shape index (κ3) is 1.72. The van der Waals surface area contributed by atoms with Gasteiger partial charge in [0.05, 0.1) is 5.88 Å². The molecule has 1 unspecified atom stereocenters. The highest BCUT2D eigenvalue weighted by Crippen LogP contribution is 2.20. The quantitative estimate of drug-likeness (QED) is 0.651. The third-order valence-electron chi connectivity index (χ3n) is 1.83. The van der Waals surface area contributed by atoms with Gasteiger partial charge in [-0.3, -0.25) is 9.59 Å². The van der Waals surface area contributed by atoms with Gasteiger partial charge in [-0.2, -0.15) is 0 Å². The molecule has 5 heteroatoms. The van der Waals surface area contributed by atoms with Crippen LogP contribution in [0.15, 0.2) is 0 Å². The van der Waals surface area contributed by atoms with Crippen molar-refractivity contribution in [3.63, 3.8) is 0 Å². The molecule has 1 aliphatic heterocycles.